The van der Waals surface area contributed by atoms with Crippen LogP contribution >= 0.6 is 11.6 Å². The zero-order chi connectivity index (χ0) is 16.5. The number of nitrogens with zero attached hydrogens (tertiary/aromatic N) is 1. The summed E-state index contributed by atoms with van der Waals surface area (Å²) in [6.07, 6.45) is 0. The minimum absolute atomic E-state index is 0.140. The molecular weight excluding hydrogens is 332 g/mol. The number of nitro groups is 1. The second-order valence-corrected chi connectivity index (χ2v) is 6.57. The Morgan fingerprint density at radius 2 is 1.86 bits per heavy atom. The highest BCUT2D eigenvalue weighted by atomic mass is 35.5. The van der Waals surface area contributed by atoms with Gasteiger partial charge >= 0.3 is 0 Å². The topological polar surface area (TPSA) is 112 Å². The predicted molar refractivity (Wildman–Crippen MR) is 79.5 cm³/mol. The molecule has 0 amide bonds. The SMILES string of the molecule is Cc1ccc(NS(=O)(=O)c2ccc([O-])c([N+](=O)[O-])c2)c(Cl)c1. The van der Waals surface area contributed by atoms with Gasteiger partial charge in [0.25, 0.3) is 15.7 Å². The second-order valence-electron chi connectivity index (χ2n) is 4.48. The van der Waals surface area contributed by atoms with Crippen LogP contribution in [-0.2, 0) is 10.0 Å². The van der Waals surface area contributed by atoms with Gasteiger partial charge < -0.3 is 5.11 Å². The van der Waals surface area contributed by atoms with Crippen LogP contribution in [-0.4, -0.2) is 13.3 Å². The van der Waals surface area contributed by atoms with E-state index in [4.69, 9.17) is 11.6 Å². The van der Waals surface area contributed by atoms with Gasteiger partial charge in [0.1, 0.15) is 0 Å². The Labute approximate surface area is 131 Å². The summed E-state index contributed by atoms with van der Waals surface area (Å²) in [6.45, 7) is 1.79. The molecule has 22 heavy (non-hydrogen) atoms. The molecule has 0 aromatic heterocycles. The average molecular weight is 342 g/mol. The lowest BCUT2D eigenvalue weighted by atomic mass is 10.2. The molecule has 2 aromatic rings. The molecule has 2 rings (SSSR count). The molecule has 0 aliphatic rings. The van der Waals surface area contributed by atoms with Gasteiger partial charge in [0.05, 0.1) is 20.5 Å². The van der Waals surface area contributed by atoms with Gasteiger partial charge in [0.15, 0.2) is 0 Å². The highest BCUT2D eigenvalue weighted by Gasteiger charge is 2.19. The van der Waals surface area contributed by atoms with Crippen LogP contribution in [0.1, 0.15) is 5.56 Å². The van der Waals surface area contributed by atoms with Gasteiger partial charge in [-0.3, -0.25) is 14.8 Å². The minimum atomic E-state index is -4.10. The fourth-order valence-electron chi connectivity index (χ4n) is 1.71. The first-order valence-corrected chi connectivity index (χ1v) is 7.81. The zero-order valence-electron chi connectivity index (χ0n) is 11.2. The van der Waals surface area contributed by atoms with Crippen LogP contribution in [0.4, 0.5) is 11.4 Å². The lowest BCUT2D eigenvalue weighted by Crippen LogP contribution is -2.14. The molecule has 0 spiro atoms. The summed E-state index contributed by atoms with van der Waals surface area (Å²) in [4.78, 5) is 9.40. The number of hydrogen-bond acceptors (Lipinski definition) is 5. The first kappa shape index (κ1) is 16.1. The van der Waals surface area contributed by atoms with E-state index in [9.17, 15) is 23.6 Å². The molecule has 0 atom stereocenters. The van der Waals surface area contributed by atoms with Crippen LogP contribution in [0.25, 0.3) is 0 Å². The van der Waals surface area contributed by atoms with E-state index in [1.54, 1.807) is 19.1 Å². The Kier molecular flexibility index (Phi) is 4.25. The van der Waals surface area contributed by atoms with Crippen molar-refractivity contribution in [3.63, 3.8) is 0 Å². The number of nitrogens with one attached hydrogen (secondary N) is 1. The van der Waals surface area contributed by atoms with Crippen LogP contribution in [0.5, 0.6) is 5.75 Å². The van der Waals surface area contributed by atoms with Gasteiger partial charge in [-0.2, -0.15) is 0 Å². The fraction of sp³-hybridized carbons (Fsp3) is 0.0769. The third-order valence-corrected chi connectivity index (χ3v) is 4.48. The van der Waals surface area contributed by atoms with E-state index in [1.807, 2.05) is 0 Å². The summed E-state index contributed by atoms with van der Waals surface area (Å²) in [5.41, 5.74) is 0.179. The van der Waals surface area contributed by atoms with Crippen LogP contribution < -0.4 is 9.83 Å². The molecule has 0 saturated carbocycles. The maximum atomic E-state index is 12.2. The lowest BCUT2D eigenvalue weighted by molar-refractivity contribution is -0.398. The molecular formula is C13H10ClN2O5S-. The Morgan fingerprint density at radius 3 is 2.45 bits per heavy atom. The smallest absolute Gasteiger partial charge is 0.263 e. The average Bonchev–Trinajstić information content (AvgIpc) is 2.42. The molecule has 0 aliphatic heterocycles. The van der Waals surface area contributed by atoms with E-state index in [-0.39, 0.29) is 10.7 Å². The van der Waals surface area contributed by atoms with E-state index < -0.39 is 31.3 Å². The molecule has 0 unspecified atom stereocenters. The molecule has 0 saturated heterocycles. The van der Waals surface area contributed by atoms with Crippen molar-refractivity contribution in [1.29, 1.82) is 0 Å². The highest BCUT2D eigenvalue weighted by Crippen LogP contribution is 2.29. The van der Waals surface area contributed by atoms with E-state index in [1.165, 1.54) is 6.07 Å². The summed E-state index contributed by atoms with van der Waals surface area (Å²) in [6, 6.07) is 7.26. The number of anilines is 1. The van der Waals surface area contributed by atoms with Crippen LogP contribution in [0.3, 0.4) is 0 Å². The van der Waals surface area contributed by atoms with E-state index in [0.29, 0.717) is 6.07 Å². The van der Waals surface area contributed by atoms with Gasteiger partial charge in [-0.15, -0.1) is 0 Å². The Balaban J connectivity index is 2.42. The molecule has 9 heteroatoms. The van der Waals surface area contributed by atoms with Gasteiger partial charge in [-0.05, 0) is 36.4 Å². The predicted octanol–water partition coefficient (Wildman–Crippen LogP) is 2.43. The Bertz CT molecular complexity index is 852. The van der Waals surface area contributed by atoms with Gasteiger partial charge in [0.2, 0.25) is 0 Å². The molecule has 1 N–H and O–H groups in total. The third kappa shape index (κ3) is 3.29. The highest BCUT2D eigenvalue weighted by molar-refractivity contribution is 7.92. The maximum Gasteiger partial charge on any atom is 0.263 e. The lowest BCUT2D eigenvalue weighted by Gasteiger charge is -2.12. The Morgan fingerprint density at radius 1 is 1.18 bits per heavy atom. The summed E-state index contributed by atoms with van der Waals surface area (Å²) < 4.78 is 26.7. The summed E-state index contributed by atoms with van der Waals surface area (Å²) in [7, 11) is -4.10. The first-order valence-electron chi connectivity index (χ1n) is 5.95. The molecule has 0 heterocycles. The largest absolute Gasteiger partial charge is 0.868 e. The number of nitro benzene ring substituents is 1. The fourth-order valence-corrected chi connectivity index (χ4v) is 3.15. The molecule has 7 nitrogen and oxygen atoms in total. The van der Waals surface area contributed by atoms with E-state index >= 15 is 0 Å². The van der Waals surface area contributed by atoms with E-state index in [2.05, 4.69) is 4.72 Å². The van der Waals surface area contributed by atoms with Crippen molar-refractivity contribution < 1.29 is 18.4 Å². The van der Waals surface area contributed by atoms with Crippen molar-refractivity contribution in [3.8, 4) is 5.75 Å². The molecule has 0 aliphatic carbocycles. The number of sulfonamides is 1. The van der Waals surface area contributed by atoms with Crippen molar-refractivity contribution in [2.75, 3.05) is 4.72 Å². The number of aryl methyl sites for hydroxylation is 1. The van der Waals surface area contributed by atoms with Crippen molar-refractivity contribution in [1.82, 2.24) is 0 Å². The van der Waals surface area contributed by atoms with Crippen molar-refractivity contribution in [2.45, 2.75) is 11.8 Å². The summed E-state index contributed by atoms with van der Waals surface area (Å²) in [5.74, 6) is -0.864. The number of hydrogen-bond donors (Lipinski definition) is 1. The van der Waals surface area contributed by atoms with Gasteiger partial charge in [0, 0.05) is 6.07 Å². The van der Waals surface area contributed by atoms with Gasteiger partial charge in [-0.1, -0.05) is 23.7 Å². The zero-order valence-corrected chi connectivity index (χ0v) is 12.8. The summed E-state index contributed by atoms with van der Waals surface area (Å²) >= 11 is 5.94. The second kappa shape index (κ2) is 5.82. The normalized spacial score (nSPS) is 11.2. The standard InChI is InChI=1S/C13H11ClN2O5S/c1-8-2-4-11(10(14)6-8)15-22(20,21)9-3-5-13(17)12(7-9)16(18)19/h2-7,15,17H,1H3/p-1. The number of halogens is 1. The van der Waals surface area contributed by atoms with Crippen LogP contribution in [0, 0.1) is 17.0 Å². The van der Waals surface area contributed by atoms with Gasteiger partial charge in [-0.25, -0.2) is 8.42 Å². The maximum absolute atomic E-state index is 12.2. The molecule has 0 fully saturated rings. The Hall–Kier alpha value is -2.32. The monoisotopic (exact) mass is 341 g/mol. The minimum Gasteiger partial charge on any atom is -0.868 e. The first-order chi connectivity index (χ1) is 10.2. The van der Waals surface area contributed by atoms with Crippen molar-refractivity contribution in [3.05, 3.63) is 57.1 Å². The molecule has 2 aromatic carbocycles. The number of benzene rings is 2. The van der Waals surface area contributed by atoms with Crippen LogP contribution in [0.2, 0.25) is 5.02 Å². The third-order valence-electron chi connectivity index (χ3n) is 2.81. The van der Waals surface area contributed by atoms with Crippen molar-refractivity contribution >= 4 is 33.0 Å². The van der Waals surface area contributed by atoms with Crippen molar-refractivity contribution in [2.24, 2.45) is 0 Å². The van der Waals surface area contributed by atoms with Crippen LogP contribution in [0.15, 0.2) is 41.3 Å². The molecule has 0 bridgehead atoms. The number of rotatable bonds is 4. The molecule has 116 valence electrons. The van der Waals surface area contributed by atoms with E-state index in [0.717, 1.165) is 17.7 Å². The summed E-state index contributed by atoms with van der Waals surface area (Å²) in [5, 5.41) is 22.2. The molecule has 0 radical (unpaired) electrons. The quantitative estimate of drug-likeness (QED) is 0.677.